The molecule has 1 aromatic rings. The molecule has 2 rings (SSSR count). The lowest BCUT2D eigenvalue weighted by Crippen LogP contribution is -2.15. The fraction of sp³-hybridized carbons (Fsp3) is 0.333. The van der Waals surface area contributed by atoms with Gasteiger partial charge in [0.2, 0.25) is 0 Å². The molecule has 0 N–H and O–H groups in total. The first-order chi connectivity index (χ1) is 7.77. The number of carbonyl (C=O) groups excluding carboxylic acids is 2. The van der Waals surface area contributed by atoms with Gasteiger partial charge < -0.3 is 19.1 Å². The van der Waals surface area contributed by atoms with Crippen molar-refractivity contribution in [3.05, 3.63) is 23.8 Å². The summed E-state index contributed by atoms with van der Waals surface area (Å²) in [5.74, 6) is 1.73. The Morgan fingerprint density at radius 2 is 1.69 bits per heavy atom. The maximum atomic E-state index is 8.81. The lowest BCUT2D eigenvalue weighted by molar-refractivity contribution is -0.106. The third-order valence-electron chi connectivity index (χ3n) is 1.70. The molecule has 0 aromatic heterocycles. The predicted octanol–water partition coefficient (Wildman–Crippen LogP) is 1.79. The van der Waals surface area contributed by atoms with Crippen molar-refractivity contribution in [2.45, 2.75) is 13.8 Å². The molecule has 0 aliphatic carbocycles. The number of rotatable bonds is 0. The van der Waals surface area contributed by atoms with E-state index in [-0.39, 0.29) is 0 Å². The molecular formula is C12H16O4. The minimum Gasteiger partial charge on any atom is -0.486 e. The first-order valence-electron chi connectivity index (χ1n) is 4.83. The van der Waals surface area contributed by atoms with Crippen LogP contribution in [-0.4, -0.2) is 26.3 Å². The van der Waals surface area contributed by atoms with Crippen LogP contribution in [-0.2, 0) is 9.59 Å². The molecule has 0 amide bonds. The summed E-state index contributed by atoms with van der Waals surface area (Å²) in [5, 5.41) is 0. The molecule has 0 saturated heterocycles. The first-order valence-corrected chi connectivity index (χ1v) is 4.83. The summed E-state index contributed by atoms with van der Waals surface area (Å²) >= 11 is 0. The summed E-state index contributed by atoms with van der Waals surface area (Å²) in [7, 11) is 0. The Labute approximate surface area is 95.2 Å². The zero-order valence-corrected chi connectivity index (χ0v) is 9.56. The number of hydrogen-bond acceptors (Lipinski definition) is 4. The molecule has 0 spiro atoms. The van der Waals surface area contributed by atoms with E-state index in [1.54, 1.807) is 0 Å². The molecule has 4 heteroatoms. The quantitative estimate of drug-likeness (QED) is 0.630. The van der Waals surface area contributed by atoms with Gasteiger partial charge in [0.25, 0.3) is 0 Å². The highest BCUT2D eigenvalue weighted by atomic mass is 16.6. The van der Waals surface area contributed by atoms with Gasteiger partial charge in [-0.1, -0.05) is 6.07 Å². The van der Waals surface area contributed by atoms with E-state index in [1.807, 2.05) is 31.9 Å². The molecule has 1 heterocycles. The molecule has 0 bridgehead atoms. The van der Waals surface area contributed by atoms with Gasteiger partial charge in [-0.25, -0.2) is 0 Å². The van der Waals surface area contributed by atoms with Crippen molar-refractivity contribution in [1.29, 1.82) is 0 Å². The smallest absolute Gasteiger partial charge is 0.161 e. The second-order valence-corrected chi connectivity index (χ2v) is 2.88. The third kappa shape index (κ3) is 4.59. The molecule has 1 aromatic carbocycles. The maximum absolute atomic E-state index is 8.81. The molecule has 4 nitrogen and oxygen atoms in total. The molecule has 88 valence electrons. The highest BCUT2D eigenvalue weighted by Crippen LogP contribution is 2.30. The van der Waals surface area contributed by atoms with Crippen LogP contribution < -0.4 is 9.47 Å². The lowest BCUT2D eigenvalue weighted by Gasteiger charge is -2.18. The molecule has 0 unspecified atom stereocenters. The Bertz CT molecular complexity index is 323. The van der Waals surface area contributed by atoms with E-state index in [0.29, 0.717) is 13.2 Å². The van der Waals surface area contributed by atoms with Gasteiger partial charge in [0.1, 0.15) is 26.3 Å². The van der Waals surface area contributed by atoms with Crippen LogP contribution in [0.4, 0.5) is 0 Å². The summed E-state index contributed by atoms with van der Waals surface area (Å²) < 4.78 is 10.7. The number of ether oxygens (including phenoxy) is 2. The van der Waals surface area contributed by atoms with Gasteiger partial charge in [-0.2, -0.15) is 0 Å². The Kier molecular flexibility index (Phi) is 7.49. The van der Waals surface area contributed by atoms with E-state index in [0.717, 1.165) is 17.8 Å². The summed E-state index contributed by atoms with van der Waals surface area (Å²) in [4.78, 5) is 16.8. The van der Waals surface area contributed by atoms with Crippen LogP contribution >= 0.6 is 0 Å². The average Bonchev–Trinajstić information content (AvgIpc) is 2.32. The highest BCUT2D eigenvalue weighted by Gasteiger charge is 2.09. The van der Waals surface area contributed by atoms with E-state index in [1.165, 1.54) is 12.5 Å². The molecule has 0 radical (unpaired) electrons. The fourth-order valence-electron chi connectivity index (χ4n) is 1.15. The van der Waals surface area contributed by atoms with E-state index in [4.69, 9.17) is 19.1 Å². The molecule has 16 heavy (non-hydrogen) atoms. The van der Waals surface area contributed by atoms with Crippen LogP contribution in [0.15, 0.2) is 18.2 Å². The normalized spacial score (nSPS) is 11.1. The average molecular weight is 224 g/mol. The Hall–Kier alpha value is -1.84. The largest absolute Gasteiger partial charge is 0.486 e. The minimum absolute atomic E-state index is 0.663. The van der Waals surface area contributed by atoms with Gasteiger partial charge in [0, 0.05) is 0 Å². The number of benzene rings is 1. The van der Waals surface area contributed by atoms with Gasteiger partial charge >= 0.3 is 0 Å². The number of hydrogen-bond donors (Lipinski definition) is 0. The van der Waals surface area contributed by atoms with Crippen molar-refractivity contribution in [3.63, 3.8) is 0 Å². The zero-order valence-electron chi connectivity index (χ0n) is 9.56. The van der Waals surface area contributed by atoms with E-state index >= 15 is 0 Å². The molecular weight excluding hydrogens is 208 g/mol. The number of fused-ring (bicyclic) bond motifs is 1. The van der Waals surface area contributed by atoms with Crippen LogP contribution in [0.5, 0.6) is 11.5 Å². The van der Waals surface area contributed by atoms with Crippen LogP contribution in [0, 0.1) is 6.92 Å². The zero-order chi connectivity index (χ0) is 12.4. The lowest BCUT2D eigenvalue weighted by atomic mass is 10.2. The van der Waals surface area contributed by atoms with E-state index < -0.39 is 0 Å². The van der Waals surface area contributed by atoms with Gasteiger partial charge in [0.05, 0.1) is 0 Å². The molecule has 0 fully saturated rings. The number of aldehydes is 1. The third-order valence-corrected chi connectivity index (χ3v) is 1.70. The van der Waals surface area contributed by atoms with Crippen LogP contribution in [0.2, 0.25) is 0 Å². The van der Waals surface area contributed by atoms with Crippen LogP contribution in [0.3, 0.4) is 0 Å². The molecule has 0 atom stereocenters. The Morgan fingerprint density at radius 3 is 2.25 bits per heavy atom. The highest BCUT2D eigenvalue weighted by molar-refractivity contribution is 5.44. The van der Waals surface area contributed by atoms with Crippen LogP contribution in [0.25, 0.3) is 0 Å². The van der Waals surface area contributed by atoms with Crippen molar-refractivity contribution < 1.29 is 19.1 Å². The van der Waals surface area contributed by atoms with Gasteiger partial charge in [-0.05, 0) is 31.5 Å². The predicted molar refractivity (Wildman–Crippen MR) is 61.0 cm³/mol. The van der Waals surface area contributed by atoms with Crippen molar-refractivity contribution in [2.75, 3.05) is 13.2 Å². The molecule has 1 aliphatic heterocycles. The molecule has 1 aliphatic rings. The summed E-state index contributed by atoms with van der Waals surface area (Å²) in [6.45, 7) is 6.81. The first kappa shape index (κ1) is 14.2. The topological polar surface area (TPSA) is 52.6 Å². The fourth-order valence-corrected chi connectivity index (χ4v) is 1.15. The summed E-state index contributed by atoms with van der Waals surface area (Å²) in [6.07, 6.45) is 0.750. The Balaban J connectivity index is 0.000000394. The van der Waals surface area contributed by atoms with Gasteiger partial charge in [-0.3, -0.25) is 0 Å². The maximum Gasteiger partial charge on any atom is 0.161 e. The summed E-state index contributed by atoms with van der Waals surface area (Å²) in [5.41, 5.74) is 1.20. The number of aryl methyl sites for hydroxylation is 1. The SMILES string of the molecule is C=O.CC=O.Cc1ccc2c(c1)OCCO2. The van der Waals surface area contributed by atoms with Crippen molar-refractivity contribution in [3.8, 4) is 11.5 Å². The van der Waals surface area contributed by atoms with Crippen molar-refractivity contribution >= 4 is 13.1 Å². The Morgan fingerprint density at radius 1 is 1.19 bits per heavy atom. The second kappa shape index (κ2) is 8.47. The standard InChI is InChI=1S/C9H10O2.C2H4O.CH2O/c1-7-2-3-8-9(6-7)11-5-4-10-8;1-2-3;1-2/h2-3,6H,4-5H2,1H3;2H,1H3;1H2. The van der Waals surface area contributed by atoms with Crippen molar-refractivity contribution in [2.24, 2.45) is 0 Å². The van der Waals surface area contributed by atoms with E-state index in [9.17, 15) is 0 Å². The second-order valence-electron chi connectivity index (χ2n) is 2.88. The van der Waals surface area contributed by atoms with Crippen LogP contribution in [0.1, 0.15) is 12.5 Å². The monoisotopic (exact) mass is 224 g/mol. The number of carbonyl (C=O) groups is 2. The van der Waals surface area contributed by atoms with Gasteiger partial charge in [0.15, 0.2) is 11.5 Å². The molecule has 0 saturated carbocycles. The minimum atomic E-state index is 0.663. The van der Waals surface area contributed by atoms with Crippen molar-refractivity contribution in [1.82, 2.24) is 0 Å². The summed E-state index contributed by atoms with van der Waals surface area (Å²) in [6, 6.07) is 5.96. The van der Waals surface area contributed by atoms with E-state index in [2.05, 4.69) is 0 Å². The van der Waals surface area contributed by atoms with Gasteiger partial charge in [-0.15, -0.1) is 0 Å².